The van der Waals surface area contributed by atoms with E-state index < -0.39 is 5.54 Å². The molecule has 2 fully saturated rings. The zero-order valence-corrected chi connectivity index (χ0v) is 12.2. The average molecular weight is 269 g/mol. The lowest BCUT2D eigenvalue weighted by Crippen LogP contribution is -2.54. The summed E-state index contributed by atoms with van der Waals surface area (Å²) in [7, 11) is 3.35. The highest BCUT2D eigenvalue weighted by Gasteiger charge is 2.48. The summed E-state index contributed by atoms with van der Waals surface area (Å²) in [6.07, 6.45) is 9.49. The quantitative estimate of drug-likeness (QED) is 0.751. The van der Waals surface area contributed by atoms with Crippen molar-refractivity contribution in [1.82, 2.24) is 5.32 Å². The number of rotatable bonds is 6. The van der Waals surface area contributed by atoms with Crippen molar-refractivity contribution in [2.75, 3.05) is 20.8 Å². The molecule has 0 aliphatic heterocycles. The van der Waals surface area contributed by atoms with Gasteiger partial charge in [-0.05, 0) is 45.1 Å². The van der Waals surface area contributed by atoms with E-state index in [2.05, 4.69) is 5.32 Å². The summed E-state index contributed by atoms with van der Waals surface area (Å²) < 4.78 is 10.9. The van der Waals surface area contributed by atoms with Crippen molar-refractivity contribution in [3.8, 4) is 0 Å². The van der Waals surface area contributed by atoms with Crippen LogP contribution in [0.25, 0.3) is 0 Å². The highest BCUT2D eigenvalue weighted by Crippen LogP contribution is 2.38. The van der Waals surface area contributed by atoms with Crippen molar-refractivity contribution in [2.45, 2.75) is 63.0 Å². The minimum Gasteiger partial charge on any atom is -0.468 e. The van der Waals surface area contributed by atoms with Gasteiger partial charge in [-0.2, -0.15) is 0 Å². The number of nitrogens with one attached hydrogen (secondary N) is 1. The van der Waals surface area contributed by atoms with Gasteiger partial charge in [0.05, 0.1) is 13.2 Å². The fourth-order valence-electron chi connectivity index (χ4n) is 3.78. The Morgan fingerprint density at radius 2 is 2.00 bits per heavy atom. The molecule has 0 aromatic rings. The molecule has 110 valence electrons. The molecule has 0 radical (unpaired) electrons. The first-order chi connectivity index (χ1) is 9.23. The third kappa shape index (κ3) is 3.11. The second-order valence-electron chi connectivity index (χ2n) is 5.87. The predicted molar refractivity (Wildman–Crippen MR) is 74.0 cm³/mol. The van der Waals surface area contributed by atoms with Crippen LogP contribution >= 0.6 is 0 Å². The van der Waals surface area contributed by atoms with E-state index >= 15 is 0 Å². The fourth-order valence-corrected chi connectivity index (χ4v) is 3.78. The number of esters is 1. The van der Waals surface area contributed by atoms with E-state index in [4.69, 9.17) is 9.47 Å². The molecule has 2 aliphatic rings. The number of ether oxygens (including phenoxy) is 2. The fraction of sp³-hybridized carbons (Fsp3) is 0.933. The first-order valence-corrected chi connectivity index (χ1v) is 7.62. The Morgan fingerprint density at radius 1 is 1.26 bits per heavy atom. The molecule has 0 aromatic carbocycles. The third-order valence-corrected chi connectivity index (χ3v) is 4.94. The number of carbonyl (C=O) groups excluding carboxylic acids is 1. The number of likely N-dealkylation sites (N-methyl/N-ethyl adjacent to an activating group) is 1. The summed E-state index contributed by atoms with van der Waals surface area (Å²) in [5.74, 6) is 0.227. The molecule has 0 amide bonds. The molecule has 0 bridgehead atoms. The number of hydrogen-bond donors (Lipinski definition) is 1. The topological polar surface area (TPSA) is 47.6 Å². The maximum absolute atomic E-state index is 12.1. The standard InChI is InChI=1S/C15H27NO3/c1-16-15(14(17)18-2)10-5-6-12(15)9-11-19-13-7-3-4-8-13/h12-13,16H,3-11H2,1-2H3. The predicted octanol–water partition coefficient (Wildman–Crippen LogP) is 2.27. The van der Waals surface area contributed by atoms with Crippen LogP contribution < -0.4 is 5.32 Å². The summed E-state index contributed by atoms with van der Waals surface area (Å²) in [6, 6.07) is 0. The van der Waals surface area contributed by atoms with E-state index in [-0.39, 0.29) is 5.97 Å². The molecule has 0 spiro atoms. The van der Waals surface area contributed by atoms with E-state index in [9.17, 15) is 4.79 Å². The van der Waals surface area contributed by atoms with Gasteiger partial charge in [0.25, 0.3) is 0 Å². The van der Waals surface area contributed by atoms with Crippen LogP contribution in [0.2, 0.25) is 0 Å². The zero-order chi connectivity index (χ0) is 13.7. The highest BCUT2D eigenvalue weighted by atomic mass is 16.5. The molecule has 2 atom stereocenters. The maximum atomic E-state index is 12.1. The van der Waals surface area contributed by atoms with Gasteiger partial charge >= 0.3 is 5.97 Å². The van der Waals surface area contributed by atoms with E-state index in [0.29, 0.717) is 12.0 Å². The summed E-state index contributed by atoms with van der Waals surface area (Å²) in [5.41, 5.74) is -0.478. The van der Waals surface area contributed by atoms with Crippen molar-refractivity contribution >= 4 is 5.97 Å². The van der Waals surface area contributed by atoms with E-state index in [1.165, 1.54) is 32.8 Å². The zero-order valence-electron chi connectivity index (χ0n) is 12.2. The van der Waals surface area contributed by atoms with Crippen LogP contribution in [0.15, 0.2) is 0 Å². The number of methoxy groups -OCH3 is 1. The summed E-state index contributed by atoms with van der Waals surface area (Å²) >= 11 is 0. The van der Waals surface area contributed by atoms with Gasteiger partial charge in [-0.3, -0.25) is 4.79 Å². The Hall–Kier alpha value is -0.610. The number of hydrogen-bond acceptors (Lipinski definition) is 4. The SMILES string of the molecule is CNC1(C(=O)OC)CCCC1CCOC1CCCC1. The molecular weight excluding hydrogens is 242 g/mol. The minimum atomic E-state index is -0.478. The Kier molecular flexibility index (Phi) is 5.22. The van der Waals surface area contributed by atoms with E-state index in [1.54, 1.807) is 0 Å². The van der Waals surface area contributed by atoms with Crippen LogP contribution in [0.3, 0.4) is 0 Å². The molecule has 2 aliphatic carbocycles. The second-order valence-corrected chi connectivity index (χ2v) is 5.87. The first kappa shape index (κ1) is 14.8. The Labute approximate surface area is 116 Å². The van der Waals surface area contributed by atoms with Gasteiger partial charge < -0.3 is 14.8 Å². The second kappa shape index (κ2) is 6.71. The summed E-state index contributed by atoms with van der Waals surface area (Å²) in [4.78, 5) is 12.1. The lowest BCUT2D eigenvalue weighted by molar-refractivity contribution is -0.150. The van der Waals surface area contributed by atoms with Crippen molar-refractivity contribution in [2.24, 2.45) is 5.92 Å². The normalized spacial score (nSPS) is 31.8. The van der Waals surface area contributed by atoms with Crippen molar-refractivity contribution in [1.29, 1.82) is 0 Å². The van der Waals surface area contributed by atoms with Crippen LogP contribution in [0.4, 0.5) is 0 Å². The van der Waals surface area contributed by atoms with E-state index in [0.717, 1.165) is 32.3 Å². The van der Waals surface area contributed by atoms with Crippen LogP contribution in [-0.2, 0) is 14.3 Å². The molecule has 2 rings (SSSR count). The van der Waals surface area contributed by atoms with Crippen LogP contribution in [0, 0.1) is 5.92 Å². The lowest BCUT2D eigenvalue weighted by Gasteiger charge is -2.32. The Balaban J connectivity index is 1.85. The Bertz CT molecular complexity index is 302. The smallest absolute Gasteiger partial charge is 0.326 e. The molecule has 2 saturated carbocycles. The highest BCUT2D eigenvalue weighted by molar-refractivity contribution is 5.81. The van der Waals surface area contributed by atoms with Gasteiger partial charge in [0, 0.05) is 6.61 Å². The number of carbonyl (C=O) groups is 1. The van der Waals surface area contributed by atoms with Gasteiger partial charge in [-0.1, -0.05) is 19.3 Å². The van der Waals surface area contributed by atoms with Crippen molar-refractivity contribution in [3.05, 3.63) is 0 Å². The summed E-state index contributed by atoms with van der Waals surface area (Å²) in [6.45, 7) is 0.774. The molecule has 1 N–H and O–H groups in total. The minimum absolute atomic E-state index is 0.113. The molecule has 19 heavy (non-hydrogen) atoms. The van der Waals surface area contributed by atoms with Gasteiger partial charge in [0.1, 0.15) is 5.54 Å². The van der Waals surface area contributed by atoms with Crippen molar-refractivity contribution in [3.63, 3.8) is 0 Å². The largest absolute Gasteiger partial charge is 0.468 e. The maximum Gasteiger partial charge on any atom is 0.326 e. The van der Waals surface area contributed by atoms with E-state index in [1.807, 2.05) is 7.05 Å². The molecule has 0 heterocycles. The first-order valence-electron chi connectivity index (χ1n) is 7.62. The van der Waals surface area contributed by atoms with Gasteiger partial charge in [-0.15, -0.1) is 0 Å². The van der Waals surface area contributed by atoms with Crippen molar-refractivity contribution < 1.29 is 14.3 Å². The molecular formula is C15H27NO3. The lowest BCUT2D eigenvalue weighted by atomic mass is 9.85. The molecule has 0 saturated heterocycles. The summed E-state index contributed by atoms with van der Waals surface area (Å²) in [5, 5.41) is 3.23. The monoisotopic (exact) mass is 269 g/mol. The van der Waals surface area contributed by atoms with Gasteiger partial charge in [0.2, 0.25) is 0 Å². The Morgan fingerprint density at radius 3 is 2.63 bits per heavy atom. The third-order valence-electron chi connectivity index (χ3n) is 4.94. The van der Waals surface area contributed by atoms with Crippen LogP contribution in [0.5, 0.6) is 0 Å². The van der Waals surface area contributed by atoms with Crippen LogP contribution in [0.1, 0.15) is 51.4 Å². The molecule has 0 aromatic heterocycles. The average Bonchev–Trinajstić information content (AvgIpc) is 3.08. The van der Waals surface area contributed by atoms with Gasteiger partial charge in [-0.25, -0.2) is 0 Å². The van der Waals surface area contributed by atoms with Gasteiger partial charge in [0.15, 0.2) is 0 Å². The molecule has 4 heteroatoms. The molecule has 2 unspecified atom stereocenters. The van der Waals surface area contributed by atoms with Crippen LogP contribution in [-0.4, -0.2) is 38.4 Å². The molecule has 4 nitrogen and oxygen atoms in total.